The van der Waals surface area contributed by atoms with Crippen LogP contribution < -0.4 is 4.74 Å². The molecule has 0 radical (unpaired) electrons. The number of carboxylic acids is 1. The van der Waals surface area contributed by atoms with Crippen LogP contribution in [-0.4, -0.2) is 49.4 Å². The zero-order valence-electron chi connectivity index (χ0n) is 12.5. The quantitative estimate of drug-likeness (QED) is 0.779. The van der Waals surface area contributed by atoms with Crippen molar-refractivity contribution in [2.24, 2.45) is 5.92 Å². The summed E-state index contributed by atoms with van der Waals surface area (Å²) in [6, 6.07) is 7.96. The van der Waals surface area contributed by atoms with Crippen molar-refractivity contribution in [2.45, 2.75) is 19.4 Å². The maximum absolute atomic E-state index is 11.1. The Morgan fingerprint density at radius 1 is 1.43 bits per heavy atom. The molecule has 1 N–H and O–H groups in total. The Balaban J connectivity index is 1.89. The van der Waals surface area contributed by atoms with Gasteiger partial charge in [-0.3, -0.25) is 9.69 Å². The number of piperidine rings is 1. The smallest absolute Gasteiger partial charge is 0.307 e. The van der Waals surface area contributed by atoms with Gasteiger partial charge in [-0.2, -0.15) is 0 Å². The van der Waals surface area contributed by atoms with Gasteiger partial charge >= 0.3 is 5.97 Å². The van der Waals surface area contributed by atoms with Gasteiger partial charge in [-0.1, -0.05) is 12.1 Å². The monoisotopic (exact) mass is 293 g/mol. The standard InChI is InChI=1S/C16H23NO4/c1-20-8-9-21-15-6-2-4-13(10-15)11-17-7-3-5-14(12-17)16(18)19/h2,4,6,10,14H,3,5,7-9,11-12H2,1H3,(H,18,19). The molecule has 1 fully saturated rings. The molecule has 5 heteroatoms. The molecule has 21 heavy (non-hydrogen) atoms. The lowest BCUT2D eigenvalue weighted by Crippen LogP contribution is -2.38. The first-order valence-corrected chi connectivity index (χ1v) is 7.35. The fraction of sp³-hybridized carbons (Fsp3) is 0.562. The Morgan fingerprint density at radius 3 is 3.05 bits per heavy atom. The van der Waals surface area contributed by atoms with Crippen molar-refractivity contribution >= 4 is 5.97 Å². The molecule has 116 valence electrons. The van der Waals surface area contributed by atoms with Crippen LogP contribution in [0.2, 0.25) is 0 Å². The van der Waals surface area contributed by atoms with Crippen LogP contribution in [0.1, 0.15) is 18.4 Å². The summed E-state index contributed by atoms with van der Waals surface area (Å²) in [5.74, 6) is -0.0902. The van der Waals surface area contributed by atoms with E-state index in [4.69, 9.17) is 14.6 Å². The molecule has 1 aromatic rings. The van der Waals surface area contributed by atoms with Gasteiger partial charge in [0.15, 0.2) is 0 Å². The third-order valence-corrected chi connectivity index (χ3v) is 3.72. The van der Waals surface area contributed by atoms with Crippen molar-refractivity contribution in [3.63, 3.8) is 0 Å². The highest BCUT2D eigenvalue weighted by molar-refractivity contribution is 5.70. The molecule has 0 saturated carbocycles. The molecule has 1 saturated heterocycles. The normalized spacial score (nSPS) is 19.4. The fourth-order valence-corrected chi connectivity index (χ4v) is 2.64. The number of aliphatic carboxylic acids is 1. The van der Waals surface area contributed by atoms with E-state index in [-0.39, 0.29) is 5.92 Å². The minimum atomic E-state index is -0.684. The highest BCUT2D eigenvalue weighted by Crippen LogP contribution is 2.20. The zero-order chi connectivity index (χ0) is 15.1. The predicted molar refractivity (Wildman–Crippen MR) is 79.4 cm³/mol. The van der Waals surface area contributed by atoms with Gasteiger partial charge in [0.05, 0.1) is 12.5 Å². The number of nitrogens with zero attached hydrogens (tertiary/aromatic N) is 1. The van der Waals surface area contributed by atoms with Gasteiger partial charge in [0.1, 0.15) is 12.4 Å². The number of likely N-dealkylation sites (tertiary alicyclic amines) is 1. The number of benzene rings is 1. The summed E-state index contributed by atoms with van der Waals surface area (Å²) >= 11 is 0. The largest absolute Gasteiger partial charge is 0.491 e. The van der Waals surface area contributed by atoms with Crippen molar-refractivity contribution in [1.82, 2.24) is 4.90 Å². The number of carboxylic acid groups (broad SMARTS) is 1. The van der Waals surface area contributed by atoms with Crippen LogP contribution >= 0.6 is 0 Å². The minimum Gasteiger partial charge on any atom is -0.491 e. The topological polar surface area (TPSA) is 59.0 Å². The molecule has 0 bridgehead atoms. The first-order valence-electron chi connectivity index (χ1n) is 7.35. The molecule has 0 aromatic heterocycles. The van der Waals surface area contributed by atoms with Crippen molar-refractivity contribution in [2.75, 3.05) is 33.4 Å². The van der Waals surface area contributed by atoms with Gasteiger partial charge in [0.2, 0.25) is 0 Å². The Morgan fingerprint density at radius 2 is 2.29 bits per heavy atom. The summed E-state index contributed by atoms with van der Waals surface area (Å²) in [7, 11) is 1.65. The second-order valence-corrected chi connectivity index (χ2v) is 5.40. The Kier molecular flexibility index (Phi) is 6.02. The van der Waals surface area contributed by atoms with Crippen molar-refractivity contribution in [3.8, 4) is 5.75 Å². The summed E-state index contributed by atoms with van der Waals surface area (Å²) < 4.78 is 10.6. The summed E-state index contributed by atoms with van der Waals surface area (Å²) in [5.41, 5.74) is 1.15. The number of rotatable bonds is 7. The molecule has 2 rings (SSSR count). The molecule has 1 heterocycles. The average molecular weight is 293 g/mol. The molecule has 1 atom stereocenters. The van der Waals surface area contributed by atoms with E-state index in [0.29, 0.717) is 19.8 Å². The van der Waals surface area contributed by atoms with Crippen LogP contribution in [-0.2, 0) is 16.1 Å². The van der Waals surface area contributed by atoms with Crippen LogP contribution in [0, 0.1) is 5.92 Å². The lowest BCUT2D eigenvalue weighted by Gasteiger charge is -2.30. The molecule has 0 aliphatic carbocycles. The van der Waals surface area contributed by atoms with Crippen molar-refractivity contribution < 1.29 is 19.4 Å². The van der Waals surface area contributed by atoms with Gasteiger partial charge in [-0.15, -0.1) is 0 Å². The number of carbonyl (C=O) groups is 1. The first kappa shape index (κ1) is 15.8. The summed E-state index contributed by atoms with van der Waals surface area (Å²) in [5, 5.41) is 9.13. The number of ether oxygens (including phenoxy) is 2. The van der Waals surface area contributed by atoms with Gasteiger partial charge in [0.25, 0.3) is 0 Å². The van der Waals surface area contributed by atoms with Crippen LogP contribution in [0.25, 0.3) is 0 Å². The van der Waals surface area contributed by atoms with E-state index < -0.39 is 5.97 Å². The molecule has 0 amide bonds. The molecule has 0 spiro atoms. The van der Waals surface area contributed by atoms with Gasteiger partial charge < -0.3 is 14.6 Å². The van der Waals surface area contributed by atoms with Gasteiger partial charge in [-0.25, -0.2) is 0 Å². The average Bonchev–Trinajstić information content (AvgIpc) is 2.48. The van der Waals surface area contributed by atoms with E-state index in [9.17, 15) is 4.79 Å². The van der Waals surface area contributed by atoms with E-state index in [0.717, 1.165) is 37.2 Å². The molecule has 1 unspecified atom stereocenters. The van der Waals surface area contributed by atoms with E-state index in [1.807, 2.05) is 24.3 Å². The third-order valence-electron chi connectivity index (χ3n) is 3.72. The van der Waals surface area contributed by atoms with Gasteiger partial charge in [-0.05, 0) is 37.1 Å². The maximum Gasteiger partial charge on any atom is 0.307 e. The first-order chi connectivity index (χ1) is 10.2. The second kappa shape index (κ2) is 8.00. The van der Waals surface area contributed by atoms with E-state index in [2.05, 4.69) is 4.90 Å². The molecule has 1 aliphatic rings. The second-order valence-electron chi connectivity index (χ2n) is 5.40. The summed E-state index contributed by atoms with van der Waals surface area (Å²) in [6.45, 7) is 3.45. The van der Waals surface area contributed by atoms with E-state index in [1.54, 1.807) is 7.11 Å². The Labute approximate surface area is 125 Å². The number of hydrogen-bond acceptors (Lipinski definition) is 4. The Bertz CT molecular complexity index is 463. The molecular formula is C16H23NO4. The summed E-state index contributed by atoms with van der Waals surface area (Å²) in [6.07, 6.45) is 1.73. The van der Waals surface area contributed by atoms with E-state index in [1.165, 1.54) is 0 Å². The third kappa shape index (κ3) is 5.02. The number of hydrogen-bond donors (Lipinski definition) is 1. The SMILES string of the molecule is COCCOc1cccc(CN2CCCC(C(=O)O)C2)c1. The minimum absolute atomic E-state index is 0.236. The fourth-order valence-electron chi connectivity index (χ4n) is 2.64. The van der Waals surface area contributed by atoms with Crippen molar-refractivity contribution in [1.29, 1.82) is 0 Å². The van der Waals surface area contributed by atoms with Gasteiger partial charge in [0, 0.05) is 20.2 Å². The van der Waals surface area contributed by atoms with Crippen LogP contribution in [0.4, 0.5) is 0 Å². The Hall–Kier alpha value is -1.59. The predicted octanol–water partition coefficient (Wildman–Crippen LogP) is 2.01. The lowest BCUT2D eigenvalue weighted by atomic mass is 9.98. The van der Waals surface area contributed by atoms with Crippen LogP contribution in [0.15, 0.2) is 24.3 Å². The molecular weight excluding hydrogens is 270 g/mol. The van der Waals surface area contributed by atoms with Crippen molar-refractivity contribution in [3.05, 3.63) is 29.8 Å². The maximum atomic E-state index is 11.1. The molecule has 1 aliphatic heterocycles. The highest BCUT2D eigenvalue weighted by Gasteiger charge is 2.25. The van der Waals surface area contributed by atoms with Crippen LogP contribution in [0.3, 0.4) is 0 Å². The van der Waals surface area contributed by atoms with E-state index >= 15 is 0 Å². The summed E-state index contributed by atoms with van der Waals surface area (Å²) in [4.78, 5) is 13.3. The zero-order valence-corrected chi connectivity index (χ0v) is 12.5. The lowest BCUT2D eigenvalue weighted by molar-refractivity contribution is -0.143. The highest BCUT2D eigenvalue weighted by atomic mass is 16.5. The van der Waals surface area contributed by atoms with Crippen LogP contribution in [0.5, 0.6) is 5.75 Å². The molecule has 1 aromatic carbocycles. The molecule has 5 nitrogen and oxygen atoms in total. The number of methoxy groups -OCH3 is 1.